The summed E-state index contributed by atoms with van der Waals surface area (Å²) in [5.41, 5.74) is 0.450. The van der Waals surface area contributed by atoms with Gasteiger partial charge in [-0.05, 0) is 18.6 Å². The van der Waals surface area contributed by atoms with E-state index in [1.165, 1.54) is 6.07 Å². The second-order valence-corrected chi connectivity index (χ2v) is 3.73. The lowest BCUT2D eigenvalue weighted by Crippen LogP contribution is -2.09. The van der Waals surface area contributed by atoms with Crippen LogP contribution in [0.4, 0.5) is 10.1 Å². The van der Waals surface area contributed by atoms with Gasteiger partial charge in [-0.15, -0.1) is 0 Å². The first-order valence-corrected chi connectivity index (χ1v) is 5.92. The summed E-state index contributed by atoms with van der Waals surface area (Å²) in [4.78, 5) is 0. The van der Waals surface area contributed by atoms with E-state index in [2.05, 4.69) is 5.32 Å². The molecule has 18 heavy (non-hydrogen) atoms. The third kappa shape index (κ3) is 5.33. The van der Waals surface area contributed by atoms with Gasteiger partial charge in [0.15, 0.2) is 0 Å². The lowest BCUT2D eigenvalue weighted by atomic mass is 10.2. The molecule has 0 aliphatic heterocycles. The maximum Gasteiger partial charge on any atom is 0.146 e. The van der Waals surface area contributed by atoms with Crippen molar-refractivity contribution in [2.45, 2.75) is 6.42 Å². The summed E-state index contributed by atoms with van der Waals surface area (Å²) in [5, 5.41) is 3.01. The van der Waals surface area contributed by atoms with Gasteiger partial charge in [0, 0.05) is 26.3 Å². The molecule has 4 nitrogen and oxygen atoms in total. The summed E-state index contributed by atoms with van der Waals surface area (Å²) in [6.45, 7) is 2.46. The van der Waals surface area contributed by atoms with E-state index in [0.29, 0.717) is 37.8 Å². The zero-order chi connectivity index (χ0) is 13.2. The van der Waals surface area contributed by atoms with Crippen LogP contribution >= 0.6 is 0 Å². The van der Waals surface area contributed by atoms with Crippen molar-refractivity contribution in [1.29, 1.82) is 0 Å². The summed E-state index contributed by atoms with van der Waals surface area (Å²) >= 11 is 0. The second-order valence-electron chi connectivity index (χ2n) is 3.73. The quantitative estimate of drug-likeness (QED) is 0.689. The predicted molar refractivity (Wildman–Crippen MR) is 68.8 cm³/mol. The van der Waals surface area contributed by atoms with E-state index in [-0.39, 0.29) is 5.82 Å². The molecule has 1 N–H and O–H groups in total. The van der Waals surface area contributed by atoms with Crippen molar-refractivity contribution in [2.75, 3.05) is 45.9 Å². The van der Waals surface area contributed by atoms with Crippen LogP contribution in [0.15, 0.2) is 18.2 Å². The normalized spacial score (nSPS) is 10.4. The third-order valence-corrected chi connectivity index (χ3v) is 2.39. The number of nitrogens with one attached hydrogen (secondary N) is 1. The summed E-state index contributed by atoms with van der Waals surface area (Å²) in [5.74, 6) is 0.353. The highest BCUT2D eigenvalue weighted by atomic mass is 19.1. The molecular formula is C13H20FNO3. The van der Waals surface area contributed by atoms with Crippen LogP contribution in [-0.2, 0) is 9.47 Å². The average Bonchev–Trinajstić information content (AvgIpc) is 2.39. The molecule has 102 valence electrons. The van der Waals surface area contributed by atoms with Crippen LogP contribution in [0.2, 0.25) is 0 Å². The first-order valence-electron chi connectivity index (χ1n) is 5.92. The van der Waals surface area contributed by atoms with E-state index >= 15 is 0 Å². The van der Waals surface area contributed by atoms with E-state index in [9.17, 15) is 4.39 Å². The molecule has 0 amide bonds. The van der Waals surface area contributed by atoms with Crippen molar-refractivity contribution in [3.05, 3.63) is 24.0 Å². The molecule has 1 rings (SSSR count). The molecule has 0 aromatic heterocycles. The molecule has 0 aliphatic rings. The lowest BCUT2D eigenvalue weighted by molar-refractivity contribution is 0.0705. The van der Waals surface area contributed by atoms with Gasteiger partial charge in [0.25, 0.3) is 0 Å². The fraction of sp³-hybridized carbons (Fsp3) is 0.538. The molecule has 0 saturated carbocycles. The standard InChI is InChI=1S/C13H20FNO3/c1-16-8-9-18-7-3-6-15-13-10-11(17-2)4-5-12(13)14/h4-5,10,15H,3,6-9H2,1-2H3. The molecular weight excluding hydrogens is 237 g/mol. The van der Waals surface area contributed by atoms with Gasteiger partial charge in [0.2, 0.25) is 0 Å². The number of methoxy groups -OCH3 is 2. The van der Waals surface area contributed by atoms with Gasteiger partial charge in [0.1, 0.15) is 11.6 Å². The first kappa shape index (κ1) is 14.7. The topological polar surface area (TPSA) is 39.7 Å². The Morgan fingerprint density at radius 2 is 2.00 bits per heavy atom. The van der Waals surface area contributed by atoms with Crippen LogP contribution in [0.25, 0.3) is 0 Å². The van der Waals surface area contributed by atoms with Crippen LogP contribution in [-0.4, -0.2) is 40.6 Å². The molecule has 0 unspecified atom stereocenters. The summed E-state index contributed by atoms with van der Waals surface area (Å²) < 4.78 is 28.6. The van der Waals surface area contributed by atoms with Gasteiger partial charge in [0.05, 0.1) is 26.0 Å². The fourth-order valence-corrected chi connectivity index (χ4v) is 1.41. The van der Waals surface area contributed by atoms with Crippen LogP contribution in [0.5, 0.6) is 5.75 Å². The number of benzene rings is 1. The Bertz CT molecular complexity index is 347. The van der Waals surface area contributed by atoms with Crippen LogP contribution in [0.3, 0.4) is 0 Å². The molecule has 0 bridgehead atoms. The van der Waals surface area contributed by atoms with Crippen molar-refractivity contribution in [2.24, 2.45) is 0 Å². The van der Waals surface area contributed by atoms with Crippen LogP contribution in [0, 0.1) is 5.82 Å². The van der Waals surface area contributed by atoms with E-state index in [0.717, 1.165) is 6.42 Å². The maximum atomic E-state index is 13.4. The largest absolute Gasteiger partial charge is 0.497 e. The zero-order valence-electron chi connectivity index (χ0n) is 10.9. The summed E-state index contributed by atoms with van der Waals surface area (Å²) in [6, 6.07) is 4.62. The average molecular weight is 257 g/mol. The summed E-state index contributed by atoms with van der Waals surface area (Å²) in [6.07, 6.45) is 0.806. The summed E-state index contributed by atoms with van der Waals surface area (Å²) in [7, 11) is 3.19. The highest BCUT2D eigenvalue weighted by molar-refractivity contribution is 5.49. The number of hydrogen-bond donors (Lipinski definition) is 1. The Labute approximate surface area is 107 Å². The monoisotopic (exact) mass is 257 g/mol. The Hall–Kier alpha value is -1.33. The Morgan fingerprint density at radius 1 is 1.17 bits per heavy atom. The van der Waals surface area contributed by atoms with Gasteiger partial charge in [-0.3, -0.25) is 0 Å². The van der Waals surface area contributed by atoms with Gasteiger partial charge >= 0.3 is 0 Å². The number of rotatable bonds is 9. The van der Waals surface area contributed by atoms with Crippen LogP contribution in [0.1, 0.15) is 6.42 Å². The van der Waals surface area contributed by atoms with Gasteiger partial charge < -0.3 is 19.5 Å². The highest BCUT2D eigenvalue weighted by Crippen LogP contribution is 2.20. The van der Waals surface area contributed by atoms with E-state index in [4.69, 9.17) is 14.2 Å². The first-order chi connectivity index (χ1) is 8.77. The Morgan fingerprint density at radius 3 is 2.72 bits per heavy atom. The third-order valence-electron chi connectivity index (χ3n) is 2.39. The minimum atomic E-state index is -0.281. The maximum absolute atomic E-state index is 13.4. The minimum absolute atomic E-state index is 0.281. The molecule has 1 aromatic carbocycles. The molecule has 0 atom stereocenters. The number of hydrogen-bond acceptors (Lipinski definition) is 4. The molecule has 0 radical (unpaired) electrons. The van der Waals surface area contributed by atoms with Crippen molar-refractivity contribution in [3.63, 3.8) is 0 Å². The molecule has 5 heteroatoms. The van der Waals surface area contributed by atoms with Crippen molar-refractivity contribution in [1.82, 2.24) is 0 Å². The van der Waals surface area contributed by atoms with E-state index in [1.54, 1.807) is 26.4 Å². The van der Waals surface area contributed by atoms with Crippen molar-refractivity contribution < 1.29 is 18.6 Å². The van der Waals surface area contributed by atoms with Gasteiger partial charge in [-0.1, -0.05) is 0 Å². The number of halogens is 1. The Kier molecular flexibility index (Phi) is 7.13. The molecule has 0 saturated heterocycles. The van der Waals surface area contributed by atoms with Gasteiger partial charge in [-0.25, -0.2) is 4.39 Å². The van der Waals surface area contributed by atoms with Crippen molar-refractivity contribution in [3.8, 4) is 5.75 Å². The molecule has 0 aliphatic carbocycles. The highest BCUT2D eigenvalue weighted by Gasteiger charge is 2.02. The molecule has 0 fully saturated rings. The minimum Gasteiger partial charge on any atom is -0.497 e. The zero-order valence-corrected chi connectivity index (χ0v) is 10.9. The van der Waals surface area contributed by atoms with E-state index < -0.39 is 0 Å². The number of anilines is 1. The molecule has 0 heterocycles. The van der Waals surface area contributed by atoms with Crippen molar-refractivity contribution >= 4 is 5.69 Å². The molecule has 1 aromatic rings. The lowest BCUT2D eigenvalue weighted by Gasteiger charge is -2.09. The number of ether oxygens (including phenoxy) is 3. The van der Waals surface area contributed by atoms with E-state index in [1.807, 2.05) is 0 Å². The smallest absolute Gasteiger partial charge is 0.146 e. The Balaban J connectivity index is 2.22. The predicted octanol–water partition coefficient (Wildman–Crippen LogP) is 2.30. The van der Waals surface area contributed by atoms with Crippen LogP contribution < -0.4 is 10.1 Å². The van der Waals surface area contributed by atoms with Gasteiger partial charge in [-0.2, -0.15) is 0 Å². The fourth-order valence-electron chi connectivity index (χ4n) is 1.41. The second kappa shape index (κ2) is 8.72. The molecule has 0 spiro atoms. The SMILES string of the molecule is COCCOCCCNc1cc(OC)ccc1F.